The van der Waals surface area contributed by atoms with E-state index in [1.54, 1.807) is 54.7 Å². The van der Waals surface area contributed by atoms with Crippen LogP contribution >= 0.6 is 0 Å². The highest BCUT2D eigenvalue weighted by Gasteiger charge is 2.45. The van der Waals surface area contributed by atoms with Crippen LogP contribution in [0.3, 0.4) is 0 Å². The van der Waals surface area contributed by atoms with Gasteiger partial charge in [-0.3, -0.25) is 14.6 Å². The van der Waals surface area contributed by atoms with Gasteiger partial charge in [-0.1, -0.05) is 19.8 Å². The van der Waals surface area contributed by atoms with Crippen molar-refractivity contribution in [3.63, 3.8) is 0 Å². The Morgan fingerprint density at radius 1 is 1.17 bits per heavy atom. The molecule has 1 amide bonds. The van der Waals surface area contributed by atoms with Gasteiger partial charge in [0, 0.05) is 24.5 Å². The molecule has 0 radical (unpaired) electrons. The molecule has 0 spiro atoms. The number of pyridine rings is 1. The summed E-state index contributed by atoms with van der Waals surface area (Å²) in [6, 6.07) is 8.10. The lowest BCUT2D eigenvalue weighted by Gasteiger charge is -2.25. The van der Waals surface area contributed by atoms with E-state index in [2.05, 4.69) is 11.9 Å². The van der Waals surface area contributed by atoms with Gasteiger partial charge in [0.25, 0.3) is 11.7 Å². The number of methoxy groups -OCH3 is 1. The predicted molar refractivity (Wildman–Crippen MR) is 111 cm³/mol. The summed E-state index contributed by atoms with van der Waals surface area (Å²) in [6.07, 6.45) is 6.02. The lowest BCUT2D eigenvalue weighted by molar-refractivity contribution is -0.139. The number of carbonyl (C=O) groups excluding carboxylic acids is 2. The maximum Gasteiger partial charge on any atom is 0.295 e. The molecule has 152 valence electrons. The van der Waals surface area contributed by atoms with Gasteiger partial charge < -0.3 is 14.7 Å². The second kappa shape index (κ2) is 8.90. The number of Topliss-reactive ketones (excluding diaryl/α,β-unsaturated/α-hetero) is 1. The van der Waals surface area contributed by atoms with Crippen molar-refractivity contribution in [1.29, 1.82) is 0 Å². The van der Waals surface area contributed by atoms with Crippen molar-refractivity contribution in [2.45, 2.75) is 39.2 Å². The third-order valence-corrected chi connectivity index (χ3v) is 5.23. The van der Waals surface area contributed by atoms with Gasteiger partial charge in [-0.2, -0.15) is 0 Å². The minimum Gasteiger partial charge on any atom is -0.507 e. The predicted octanol–water partition coefficient (Wildman–Crippen LogP) is 4.01. The number of hydrogen-bond donors (Lipinski definition) is 1. The van der Waals surface area contributed by atoms with Gasteiger partial charge in [0.05, 0.1) is 18.7 Å². The highest BCUT2D eigenvalue weighted by molar-refractivity contribution is 6.46. The summed E-state index contributed by atoms with van der Waals surface area (Å²) in [5.41, 5.74) is 2.17. The molecule has 1 aliphatic rings. The Labute approximate surface area is 170 Å². The van der Waals surface area contributed by atoms with Gasteiger partial charge in [0.15, 0.2) is 0 Å². The normalized spacial score (nSPS) is 18.3. The molecule has 1 fully saturated rings. The number of benzene rings is 1. The minimum atomic E-state index is -0.658. The second-order valence-electron chi connectivity index (χ2n) is 7.16. The third-order valence-electron chi connectivity index (χ3n) is 5.23. The van der Waals surface area contributed by atoms with E-state index in [0.717, 1.165) is 30.4 Å². The molecule has 0 bridgehead atoms. The zero-order chi connectivity index (χ0) is 21.0. The largest absolute Gasteiger partial charge is 0.507 e. The number of unbranched alkanes of at least 4 members (excludes halogenated alkanes) is 2. The van der Waals surface area contributed by atoms with Crippen LogP contribution in [0.5, 0.6) is 5.75 Å². The topological polar surface area (TPSA) is 79.7 Å². The molecule has 2 heterocycles. The van der Waals surface area contributed by atoms with Gasteiger partial charge in [0.1, 0.15) is 11.5 Å². The molecule has 6 heteroatoms. The van der Waals surface area contributed by atoms with E-state index in [9.17, 15) is 14.7 Å². The van der Waals surface area contributed by atoms with E-state index in [-0.39, 0.29) is 11.3 Å². The Morgan fingerprint density at radius 2 is 1.90 bits per heavy atom. The molecule has 1 unspecified atom stereocenters. The minimum absolute atomic E-state index is 0.113. The molecule has 6 nitrogen and oxygen atoms in total. The van der Waals surface area contributed by atoms with E-state index in [0.29, 0.717) is 17.9 Å². The summed E-state index contributed by atoms with van der Waals surface area (Å²) in [5.74, 6) is -0.717. The number of hydrogen-bond acceptors (Lipinski definition) is 5. The third kappa shape index (κ3) is 4.01. The molecule has 3 rings (SSSR count). The first-order valence-corrected chi connectivity index (χ1v) is 9.83. The first kappa shape index (κ1) is 20.6. The molecule has 1 saturated heterocycles. The second-order valence-corrected chi connectivity index (χ2v) is 7.16. The summed E-state index contributed by atoms with van der Waals surface area (Å²) in [5, 5.41) is 11.0. The van der Waals surface area contributed by atoms with Gasteiger partial charge in [0.2, 0.25) is 0 Å². The molecular formula is C23H26N2O4. The van der Waals surface area contributed by atoms with Crippen LogP contribution in [-0.4, -0.2) is 40.3 Å². The quantitative estimate of drug-likeness (QED) is 0.332. The Kier molecular flexibility index (Phi) is 6.32. The number of likely N-dealkylation sites (tertiary alicyclic amines) is 1. The molecule has 2 aromatic rings. The van der Waals surface area contributed by atoms with Crippen molar-refractivity contribution < 1.29 is 19.4 Å². The molecule has 1 aliphatic heterocycles. The summed E-state index contributed by atoms with van der Waals surface area (Å²) in [4.78, 5) is 31.3. The number of aliphatic hydroxyl groups excluding tert-OH is 1. The molecule has 29 heavy (non-hydrogen) atoms. The lowest BCUT2D eigenvalue weighted by atomic mass is 9.95. The molecule has 1 aromatic carbocycles. The summed E-state index contributed by atoms with van der Waals surface area (Å²) in [7, 11) is 1.58. The fraction of sp³-hybridized carbons (Fsp3) is 0.348. The number of aryl methyl sites for hydroxylation is 1. The van der Waals surface area contributed by atoms with Crippen molar-refractivity contribution in [2.24, 2.45) is 0 Å². The Morgan fingerprint density at radius 3 is 2.52 bits per heavy atom. The van der Waals surface area contributed by atoms with Crippen LogP contribution in [0.1, 0.15) is 48.9 Å². The van der Waals surface area contributed by atoms with Crippen molar-refractivity contribution in [1.82, 2.24) is 9.88 Å². The van der Waals surface area contributed by atoms with Gasteiger partial charge in [-0.05, 0) is 54.8 Å². The highest BCUT2D eigenvalue weighted by atomic mass is 16.5. The van der Waals surface area contributed by atoms with Crippen molar-refractivity contribution >= 4 is 17.4 Å². The van der Waals surface area contributed by atoms with Crippen LogP contribution in [-0.2, 0) is 9.59 Å². The number of aliphatic hydroxyl groups is 1. The number of nitrogens with zero attached hydrogens (tertiary/aromatic N) is 2. The standard InChI is InChI=1S/C23H26N2O4/c1-4-5-6-13-25-20(16-9-11-24-12-10-16)19(22(27)23(25)28)21(26)17-7-8-18(29-3)15(2)14-17/h7-12,14,20,26H,4-6,13H2,1-3H3/b21-19-. The van der Waals surface area contributed by atoms with Crippen molar-refractivity contribution in [3.05, 3.63) is 65.0 Å². The van der Waals surface area contributed by atoms with Crippen LogP contribution in [0.4, 0.5) is 0 Å². The zero-order valence-corrected chi connectivity index (χ0v) is 17.0. The molecule has 0 aliphatic carbocycles. The van der Waals surface area contributed by atoms with E-state index in [1.165, 1.54) is 0 Å². The Bertz CT molecular complexity index is 937. The fourth-order valence-corrected chi connectivity index (χ4v) is 3.72. The van der Waals surface area contributed by atoms with Crippen molar-refractivity contribution in [2.75, 3.05) is 13.7 Å². The average molecular weight is 394 g/mol. The van der Waals surface area contributed by atoms with E-state index < -0.39 is 17.7 Å². The Balaban J connectivity index is 2.11. The van der Waals surface area contributed by atoms with Crippen molar-refractivity contribution in [3.8, 4) is 5.75 Å². The monoisotopic (exact) mass is 394 g/mol. The van der Waals surface area contributed by atoms with Crippen LogP contribution in [0, 0.1) is 6.92 Å². The average Bonchev–Trinajstić information content (AvgIpc) is 2.99. The van der Waals surface area contributed by atoms with Gasteiger partial charge in [-0.15, -0.1) is 0 Å². The molecule has 1 N–H and O–H groups in total. The number of carbonyl (C=O) groups is 2. The highest BCUT2D eigenvalue weighted by Crippen LogP contribution is 2.39. The number of amides is 1. The zero-order valence-electron chi connectivity index (χ0n) is 17.0. The lowest BCUT2D eigenvalue weighted by Crippen LogP contribution is -2.30. The maximum atomic E-state index is 12.9. The van der Waals surface area contributed by atoms with Gasteiger partial charge in [-0.25, -0.2) is 0 Å². The molecular weight excluding hydrogens is 368 g/mol. The molecule has 0 saturated carbocycles. The van der Waals surface area contributed by atoms with Crippen LogP contribution in [0.15, 0.2) is 48.3 Å². The van der Waals surface area contributed by atoms with Crippen LogP contribution in [0.2, 0.25) is 0 Å². The maximum absolute atomic E-state index is 12.9. The summed E-state index contributed by atoms with van der Waals surface area (Å²) < 4.78 is 5.27. The molecule has 1 atom stereocenters. The number of rotatable bonds is 7. The fourth-order valence-electron chi connectivity index (χ4n) is 3.72. The smallest absolute Gasteiger partial charge is 0.295 e. The first-order valence-electron chi connectivity index (χ1n) is 9.83. The number of ketones is 1. The number of ether oxygens (including phenoxy) is 1. The van der Waals surface area contributed by atoms with E-state index >= 15 is 0 Å². The summed E-state index contributed by atoms with van der Waals surface area (Å²) in [6.45, 7) is 4.41. The Hall–Kier alpha value is -3.15. The van der Waals surface area contributed by atoms with Gasteiger partial charge >= 0.3 is 0 Å². The molecule has 1 aromatic heterocycles. The van der Waals surface area contributed by atoms with Crippen LogP contribution < -0.4 is 4.74 Å². The van der Waals surface area contributed by atoms with Crippen LogP contribution in [0.25, 0.3) is 5.76 Å². The number of aromatic nitrogens is 1. The first-order chi connectivity index (χ1) is 14.0. The van der Waals surface area contributed by atoms with E-state index in [4.69, 9.17) is 4.74 Å². The summed E-state index contributed by atoms with van der Waals surface area (Å²) >= 11 is 0. The van der Waals surface area contributed by atoms with E-state index in [1.807, 2.05) is 6.92 Å². The SMILES string of the molecule is CCCCCN1C(=O)C(=O)/C(=C(\O)c2ccc(OC)c(C)c2)C1c1ccncc1.